The normalized spacial score (nSPS) is 36.2. The van der Waals surface area contributed by atoms with Crippen molar-refractivity contribution in [2.45, 2.75) is 63.1 Å². The van der Waals surface area contributed by atoms with Gasteiger partial charge in [0.1, 0.15) is 25.1 Å². The maximum absolute atomic E-state index is 13.4. The highest BCUT2D eigenvalue weighted by atomic mass is 16.6. The van der Waals surface area contributed by atoms with E-state index in [1.54, 1.807) is 18.4 Å². The standard InChI is InChI=1S/C25H34N2O9/c28-14(11-33-13-16-4-2-8-35-16)12-36-26-19-9-20(29)23(30)21-17(19)5-6-18-22(21)25(32)27(24(18)31)10-15-3-1-7-34-15/h2,4,8,14-15,17-18,20-23,28-30H,1,3,5-7,9-13H2/t14-,15-,17+,18+,20+,21-,22-,23+/m0/s1. The van der Waals surface area contributed by atoms with Gasteiger partial charge in [-0.2, -0.15) is 0 Å². The maximum Gasteiger partial charge on any atom is 0.233 e. The van der Waals surface area contributed by atoms with Crippen LogP contribution < -0.4 is 0 Å². The van der Waals surface area contributed by atoms with Crippen LogP contribution in [0.15, 0.2) is 28.0 Å². The van der Waals surface area contributed by atoms with Crippen LogP contribution in [-0.4, -0.2) is 88.5 Å². The van der Waals surface area contributed by atoms with E-state index in [-0.39, 0.29) is 56.6 Å². The van der Waals surface area contributed by atoms with E-state index in [9.17, 15) is 24.9 Å². The summed E-state index contributed by atoms with van der Waals surface area (Å²) in [5.41, 5.74) is 0.540. The zero-order valence-electron chi connectivity index (χ0n) is 20.1. The van der Waals surface area contributed by atoms with Crippen LogP contribution >= 0.6 is 0 Å². The molecule has 11 heteroatoms. The summed E-state index contributed by atoms with van der Waals surface area (Å²) in [4.78, 5) is 33.2. The third-order valence-electron chi connectivity index (χ3n) is 7.86. The van der Waals surface area contributed by atoms with Crippen LogP contribution in [0.4, 0.5) is 0 Å². The van der Waals surface area contributed by atoms with Crippen LogP contribution in [0.25, 0.3) is 0 Å². The molecule has 0 unspecified atom stereocenters. The summed E-state index contributed by atoms with van der Waals surface area (Å²) in [7, 11) is 0. The summed E-state index contributed by atoms with van der Waals surface area (Å²) in [6.45, 7) is 1.01. The molecule has 2 aliphatic heterocycles. The number of amides is 2. The first-order valence-electron chi connectivity index (χ1n) is 12.7. The molecule has 198 valence electrons. The fraction of sp³-hybridized carbons (Fsp3) is 0.720. The van der Waals surface area contributed by atoms with E-state index in [2.05, 4.69) is 5.16 Å². The van der Waals surface area contributed by atoms with Crippen molar-refractivity contribution in [3.05, 3.63) is 24.2 Å². The Balaban J connectivity index is 1.21. The van der Waals surface area contributed by atoms with E-state index < -0.39 is 36.1 Å². The second-order valence-electron chi connectivity index (χ2n) is 10.2. The molecule has 11 nitrogen and oxygen atoms in total. The molecule has 5 rings (SSSR count). The molecule has 0 spiro atoms. The van der Waals surface area contributed by atoms with Gasteiger partial charge in [-0.15, -0.1) is 0 Å². The number of carbonyl (C=O) groups is 2. The van der Waals surface area contributed by atoms with Crippen molar-refractivity contribution in [2.24, 2.45) is 28.8 Å². The predicted octanol–water partition coefficient (Wildman–Crippen LogP) is 0.462. The van der Waals surface area contributed by atoms with E-state index >= 15 is 0 Å². The number of hydrogen-bond donors (Lipinski definition) is 3. The summed E-state index contributed by atoms with van der Waals surface area (Å²) in [6.07, 6.45) is 1.11. The third-order valence-corrected chi connectivity index (χ3v) is 7.86. The van der Waals surface area contributed by atoms with Crippen molar-refractivity contribution in [3.63, 3.8) is 0 Å². The Bertz CT molecular complexity index is 945. The Morgan fingerprint density at radius 3 is 2.72 bits per heavy atom. The van der Waals surface area contributed by atoms with Gasteiger partial charge in [0.05, 0.1) is 55.3 Å². The Labute approximate surface area is 209 Å². The summed E-state index contributed by atoms with van der Waals surface area (Å²) >= 11 is 0. The van der Waals surface area contributed by atoms with Gasteiger partial charge in [-0.1, -0.05) is 5.16 Å². The van der Waals surface area contributed by atoms with Crippen molar-refractivity contribution in [1.82, 2.24) is 4.90 Å². The molecular formula is C25H34N2O9. The quantitative estimate of drug-likeness (QED) is 0.320. The minimum Gasteiger partial charge on any atom is -0.467 e. The molecule has 4 aliphatic rings. The number of hydrogen-bond acceptors (Lipinski definition) is 10. The van der Waals surface area contributed by atoms with Gasteiger partial charge >= 0.3 is 0 Å². The van der Waals surface area contributed by atoms with Gasteiger partial charge < -0.3 is 34.0 Å². The molecule has 0 aromatic carbocycles. The highest BCUT2D eigenvalue weighted by Gasteiger charge is 2.59. The van der Waals surface area contributed by atoms with E-state index in [4.69, 9.17) is 18.7 Å². The highest BCUT2D eigenvalue weighted by molar-refractivity contribution is 6.06. The van der Waals surface area contributed by atoms with Crippen LogP contribution in [0.2, 0.25) is 0 Å². The number of rotatable bonds is 9. The topological polar surface area (TPSA) is 151 Å². The summed E-state index contributed by atoms with van der Waals surface area (Å²) < 4.78 is 16.2. The molecule has 2 amide bonds. The number of aliphatic hydroxyl groups is 3. The van der Waals surface area contributed by atoms with Gasteiger partial charge in [-0.3, -0.25) is 14.5 Å². The molecule has 2 saturated heterocycles. The van der Waals surface area contributed by atoms with Crippen LogP contribution in [0, 0.1) is 23.7 Å². The molecular weight excluding hydrogens is 472 g/mol. The van der Waals surface area contributed by atoms with Gasteiger partial charge in [0.15, 0.2) is 0 Å². The lowest BCUT2D eigenvalue weighted by Crippen LogP contribution is -2.54. The van der Waals surface area contributed by atoms with Gasteiger partial charge in [-0.25, -0.2) is 0 Å². The van der Waals surface area contributed by atoms with Gasteiger partial charge in [0.2, 0.25) is 11.8 Å². The van der Waals surface area contributed by atoms with Crippen molar-refractivity contribution in [2.75, 3.05) is 26.4 Å². The molecule has 3 heterocycles. The lowest BCUT2D eigenvalue weighted by Gasteiger charge is -2.45. The minimum absolute atomic E-state index is 0.0276. The molecule has 4 fully saturated rings. The fourth-order valence-corrected chi connectivity index (χ4v) is 6.16. The summed E-state index contributed by atoms with van der Waals surface area (Å²) in [5, 5.41) is 35.8. The number of oxime groups is 1. The van der Waals surface area contributed by atoms with Crippen molar-refractivity contribution in [1.29, 1.82) is 0 Å². The predicted molar refractivity (Wildman–Crippen MR) is 123 cm³/mol. The van der Waals surface area contributed by atoms with E-state index in [1.807, 2.05) is 0 Å². The van der Waals surface area contributed by atoms with Crippen LogP contribution in [0.3, 0.4) is 0 Å². The number of aliphatic hydroxyl groups excluding tert-OH is 3. The van der Waals surface area contributed by atoms with E-state index in [0.29, 0.717) is 30.9 Å². The number of nitrogens with zero attached hydrogens (tertiary/aromatic N) is 2. The van der Waals surface area contributed by atoms with Crippen LogP contribution in [0.5, 0.6) is 0 Å². The largest absolute Gasteiger partial charge is 0.467 e. The van der Waals surface area contributed by atoms with Crippen molar-refractivity contribution < 1.29 is 43.6 Å². The maximum atomic E-state index is 13.4. The summed E-state index contributed by atoms with van der Waals surface area (Å²) in [6, 6.07) is 3.52. The summed E-state index contributed by atoms with van der Waals surface area (Å²) in [5.74, 6) is -1.98. The Morgan fingerprint density at radius 1 is 1.14 bits per heavy atom. The molecule has 1 aromatic rings. The molecule has 36 heavy (non-hydrogen) atoms. The third kappa shape index (κ3) is 5.08. The minimum atomic E-state index is -1.14. The zero-order valence-corrected chi connectivity index (χ0v) is 20.1. The van der Waals surface area contributed by atoms with Crippen LogP contribution in [-0.2, 0) is 30.5 Å². The first kappa shape index (κ1) is 25.3. The number of ether oxygens (including phenoxy) is 2. The lowest BCUT2D eigenvalue weighted by molar-refractivity contribution is -0.143. The smallest absolute Gasteiger partial charge is 0.233 e. The lowest BCUT2D eigenvalue weighted by atomic mass is 9.60. The van der Waals surface area contributed by atoms with E-state index in [0.717, 1.165) is 12.8 Å². The molecule has 3 N–H and O–H groups in total. The molecule has 0 radical (unpaired) electrons. The van der Waals surface area contributed by atoms with Gasteiger partial charge in [-0.05, 0) is 37.8 Å². The first-order chi connectivity index (χ1) is 17.4. The Morgan fingerprint density at radius 2 is 1.97 bits per heavy atom. The first-order valence-corrected chi connectivity index (χ1v) is 12.7. The molecule has 8 atom stereocenters. The van der Waals surface area contributed by atoms with Crippen molar-refractivity contribution >= 4 is 17.5 Å². The number of furan rings is 1. The van der Waals surface area contributed by atoms with Crippen molar-refractivity contribution in [3.8, 4) is 0 Å². The molecule has 2 saturated carbocycles. The monoisotopic (exact) mass is 506 g/mol. The average molecular weight is 507 g/mol. The number of fused-ring (bicyclic) bond motifs is 3. The Kier molecular flexibility index (Phi) is 7.73. The second kappa shape index (κ2) is 11.0. The highest BCUT2D eigenvalue weighted by Crippen LogP contribution is 2.49. The average Bonchev–Trinajstić information content (AvgIpc) is 3.62. The molecule has 1 aromatic heterocycles. The Hall–Kier alpha value is -2.31. The number of imide groups is 1. The number of likely N-dealkylation sites (tertiary alicyclic amines) is 1. The SMILES string of the molecule is O=C1[C@@H]2[C@H]3[C@H](O)[C@H](O)CC(=NOC[C@@H](O)COCc4ccco4)[C@H]3CC[C@H]2C(=O)N1C[C@@H]1CCCO1. The molecule has 2 aliphatic carbocycles. The van der Waals surface area contributed by atoms with Gasteiger partial charge in [0, 0.05) is 24.9 Å². The van der Waals surface area contributed by atoms with Crippen LogP contribution in [0.1, 0.15) is 37.9 Å². The fourth-order valence-electron chi connectivity index (χ4n) is 6.16. The number of carbonyl (C=O) groups excluding carboxylic acids is 2. The zero-order chi connectivity index (χ0) is 25.2. The van der Waals surface area contributed by atoms with Gasteiger partial charge in [0.25, 0.3) is 0 Å². The molecule has 0 bridgehead atoms. The second-order valence-corrected chi connectivity index (χ2v) is 10.2. The van der Waals surface area contributed by atoms with E-state index in [1.165, 1.54) is 4.90 Å².